The third-order valence-corrected chi connectivity index (χ3v) is 3.73. The second kappa shape index (κ2) is 11.3. The molecule has 7 heteroatoms. The third-order valence-electron chi connectivity index (χ3n) is 3.08. The molecule has 0 aliphatic rings. The first-order valence-corrected chi connectivity index (χ1v) is 8.83. The van der Waals surface area contributed by atoms with Crippen molar-refractivity contribution in [1.82, 2.24) is 10.6 Å². The molecule has 0 saturated heterocycles. The molecule has 1 atom stereocenters. The van der Waals surface area contributed by atoms with Crippen LogP contribution in [0.25, 0.3) is 6.08 Å². The molecule has 24 heavy (non-hydrogen) atoms. The fraction of sp³-hybridized carbons (Fsp3) is 0.353. The molecule has 0 aliphatic carbocycles. The first-order chi connectivity index (χ1) is 11.6. The lowest BCUT2D eigenvalue weighted by molar-refractivity contribution is -0.145. The van der Waals surface area contributed by atoms with Crippen LogP contribution in [0.2, 0.25) is 0 Å². The Labute approximate surface area is 146 Å². The van der Waals surface area contributed by atoms with Crippen LogP contribution in [0.5, 0.6) is 0 Å². The quantitative estimate of drug-likeness (QED) is 0.517. The number of carbonyl (C=O) groups is 3. The summed E-state index contributed by atoms with van der Waals surface area (Å²) in [5, 5.41) is 5.04. The summed E-state index contributed by atoms with van der Waals surface area (Å²) in [6.07, 6.45) is 5.40. The lowest BCUT2D eigenvalue weighted by Crippen LogP contribution is -2.46. The van der Waals surface area contributed by atoms with Crippen molar-refractivity contribution in [3.8, 4) is 0 Å². The fourth-order valence-corrected chi connectivity index (χ4v) is 2.31. The van der Waals surface area contributed by atoms with E-state index in [2.05, 4.69) is 15.4 Å². The molecule has 0 radical (unpaired) electrons. The summed E-state index contributed by atoms with van der Waals surface area (Å²) < 4.78 is 4.66. The van der Waals surface area contributed by atoms with E-state index < -0.39 is 17.9 Å². The van der Waals surface area contributed by atoms with Gasteiger partial charge >= 0.3 is 5.97 Å². The number of esters is 1. The Kier molecular flexibility index (Phi) is 9.29. The average molecular weight is 350 g/mol. The molecular weight excluding hydrogens is 328 g/mol. The molecule has 0 spiro atoms. The number of nitrogens with one attached hydrogen (secondary N) is 2. The number of carbonyl (C=O) groups excluding carboxylic acids is 3. The second-order valence-electron chi connectivity index (χ2n) is 4.89. The summed E-state index contributed by atoms with van der Waals surface area (Å²) in [6.45, 7) is -0.204. The van der Waals surface area contributed by atoms with E-state index in [9.17, 15) is 14.4 Å². The van der Waals surface area contributed by atoms with Crippen molar-refractivity contribution in [1.29, 1.82) is 0 Å². The Morgan fingerprint density at radius 1 is 1.25 bits per heavy atom. The van der Waals surface area contributed by atoms with Gasteiger partial charge in [0.15, 0.2) is 0 Å². The van der Waals surface area contributed by atoms with Gasteiger partial charge in [0.1, 0.15) is 6.04 Å². The number of ether oxygens (including phenoxy) is 1. The summed E-state index contributed by atoms with van der Waals surface area (Å²) in [5.74, 6) is -0.597. The molecule has 1 rings (SSSR count). The van der Waals surface area contributed by atoms with Gasteiger partial charge in [-0.25, -0.2) is 4.79 Å². The van der Waals surface area contributed by atoms with E-state index in [0.717, 1.165) is 5.56 Å². The summed E-state index contributed by atoms with van der Waals surface area (Å²) in [4.78, 5) is 35.2. The van der Waals surface area contributed by atoms with Gasteiger partial charge in [0, 0.05) is 6.08 Å². The van der Waals surface area contributed by atoms with E-state index in [0.29, 0.717) is 12.2 Å². The number of rotatable bonds is 9. The van der Waals surface area contributed by atoms with Crippen molar-refractivity contribution in [2.24, 2.45) is 0 Å². The van der Waals surface area contributed by atoms with Crippen molar-refractivity contribution < 1.29 is 19.1 Å². The zero-order valence-electron chi connectivity index (χ0n) is 13.8. The predicted molar refractivity (Wildman–Crippen MR) is 95.4 cm³/mol. The number of thioether (sulfide) groups is 1. The summed E-state index contributed by atoms with van der Waals surface area (Å²) in [5.41, 5.74) is 0.889. The average Bonchev–Trinajstić information content (AvgIpc) is 2.61. The molecule has 0 saturated carbocycles. The fourth-order valence-electron chi connectivity index (χ4n) is 1.83. The van der Waals surface area contributed by atoms with Gasteiger partial charge in [0.05, 0.1) is 13.7 Å². The van der Waals surface area contributed by atoms with Gasteiger partial charge in [0.25, 0.3) is 0 Å². The highest BCUT2D eigenvalue weighted by Gasteiger charge is 2.20. The highest BCUT2D eigenvalue weighted by atomic mass is 32.2. The summed E-state index contributed by atoms with van der Waals surface area (Å²) in [6, 6.07) is 8.65. The number of hydrogen-bond donors (Lipinski definition) is 2. The van der Waals surface area contributed by atoms with Crippen LogP contribution in [0.15, 0.2) is 36.4 Å². The van der Waals surface area contributed by atoms with Crippen molar-refractivity contribution in [3.63, 3.8) is 0 Å². The maximum absolute atomic E-state index is 11.9. The number of methoxy groups -OCH3 is 1. The lowest BCUT2D eigenvalue weighted by Gasteiger charge is -2.16. The Balaban J connectivity index is 2.41. The van der Waals surface area contributed by atoms with E-state index in [4.69, 9.17) is 0 Å². The molecular formula is C17H22N2O4S. The van der Waals surface area contributed by atoms with Gasteiger partial charge < -0.3 is 15.4 Å². The van der Waals surface area contributed by atoms with Crippen LogP contribution >= 0.6 is 11.8 Å². The molecule has 2 N–H and O–H groups in total. The standard InChI is InChI=1S/C17H22N2O4S/c1-23-17(22)14(10-11-24-2)19-16(21)12-18-15(20)9-8-13-6-4-3-5-7-13/h3-9,14H,10-12H2,1-2H3,(H,18,20)(H,19,21)/b9-8+/t14-/m0/s1. The molecule has 6 nitrogen and oxygen atoms in total. The minimum absolute atomic E-state index is 0.204. The van der Waals surface area contributed by atoms with Gasteiger partial charge in [-0.15, -0.1) is 0 Å². The predicted octanol–water partition coefficient (Wildman–Crippen LogP) is 1.23. The van der Waals surface area contributed by atoms with E-state index in [-0.39, 0.29) is 12.5 Å². The van der Waals surface area contributed by atoms with Gasteiger partial charge in [-0.3, -0.25) is 9.59 Å². The number of hydrogen-bond acceptors (Lipinski definition) is 5. The van der Waals surface area contributed by atoms with Crippen LogP contribution in [0.4, 0.5) is 0 Å². The van der Waals surface area contributed by atoms with Crippen LogP contribution in [-0.4, -0.2) is 49.5 Å². The molecule has 130 valence electrons. The molecule has 0 unspecified atom stereocenters. The summed E-state index contributed by atoms with van der Waals surface area (Å²) in [7, 11) is 1.27. The topological polar surface area (TPSA) is 84.5 Å². The smallest absolute Gasteiger partial charge is 0.328 e. The van der Waals surface area contributed by atoms with Crippen molar-refractivity contribution in [2.75, 3.05) is 25.7 Å². The van der Waals surface area contributed by atoms with Crippen LogP contribution in [0.3, 0.4) is 0 Å². The van der Waals surface area contributed by atoms with Gasteiger partial charge in [-0.05, 0) is 30.1 Å². The molecule has 2 amide bonds. The molecule has 0 aliphatic heterocycles. The Bertz CT molecular complexity index is 575. The molecule has 0 aromatic heterocycles. The normalized spacial score (nSPS) is 11.8. The largest absolute Gasteiger partial charge is 0.467 e. The van der Waals surface area contributed by atoms with Gasteiger partial charge in [-0.2, -0.15) is 11.8 Å². The minimum Gasteiger partial charge on any atom is -0.467 e. The highest BCUT2D eigenvalue weighted by molar-refractivity contribution is 7.98. The van der Waals surface area contributed by atoms with Crippen LogP contribution in [0.1, 0.15) is 12.0 Å². The van der Waals surface area contributed by atoms with Crippen LogP contribution in [0, 0.1) is 0 Å². The Morgan fingerprint density at radius 2 is 1.96 bits per heavy atom. The molecule has 0 fully saturated rings. The third kappa shape index (κ3) is 7.82. The van der Waals surface area contributed by atoms with E-state index >= 15 is 0 Å². The maximum Gasteiger partial charge on any atom is 0.328 e. The van der Waals surface area contributed by atoms with Gasteiger partial charge in [0.2, 0.25) is 11.8 Å². The first kappa shape index (κ1) is 19.8. The number of benzene rings is 1. The van der Waals surface area contributed by atoms with E-state index in [1.54, 1.807) is 17.8 Å². The van der Waals surface area contributed by atoms with Crippen molar-refractivity contribution >= 4 is 35.6 Å². The first-order valence-electron chi connectivity index (χ1n) is 7.44. The molecule has 1 aromatic rings. The van der Waals surface area contributed by atoms with Crippen molar-refractivity contribution in [2.45, 2.75) is 12.5 Å². The Morgan fingerprint density at radius 3 is 2.58 bits per heavy atom. The number of amides is 2. The lowest BCUT2D eigenvalue weighted by atomic mass is 10.2. The minimum atomic E-state index is -0.702. The zero-order chi connectivity index (χ0) is 17.8. The molecule has 1 aromatic carbocycles. The monoisotopic (exact) mass is 350 g/mol. The van der Waals surface area contributed by atoms with Crippen LogP contribution < -0.4 is 10.6 Å². The van der Waals surface area contributed by atoms with Gasteiger partial charge in [-0.1, -0.05) is 30.3 Å². The van der Waals surface area contributed by atoms with Crippen molar-refractivity contribution in [3.05, 3.63) is 42.0 Å². The maximum atomic E-state index is 11.9. The summed E-state index contributed by atoms with van der Waals surface area (Å²) >= 11 is 1.57. The van der Waals surface area contributed by atoms with E-state index in [1.165, 1.54) is 13.2 Å². The second-order valence-corrected chi connectivity index (χ2v) is 5.87. The Hall–Kier alpha value is -2.28. The molecule has 0 bridgehead atoms. The zero-order valence-corrected chi connectivity index (χ0v) is 14.6. The SMILES string of the molecule is COC(=O)[C@H](CCSC)NC(=O)CNC(=O)/C=C/c1ccccc1. The van der Waals surface area contributed by atoms with Crippen LogP contribution in [-0.2, 0) is 19.1 Å². The molecule has 0 heterocycles. The highest BCUT2D eigenvalue weighted by Crippen LogP contribution is 2.02. The van der Waals surface area contributed by atoms with E-state index in [1.807, 2.05) is 36.6 Å².